The van der Waals surface area contributed by atoms with Gasteiger partial charge in [-0.3, -0.25) is 47.9 Å². The monoisotopic (exact) mass is 1080 g/mol. The van der Waals surface area contributed by atoms with Gasteiger partial charge in [0, 0.05) is 24.8 Å². The van der Waals surface area contributed by atoms with Crippen molar-refractivity contribution in [1.29, 1.82) is 0 Å². The van der Waals surface area contributed by atoms with E-state index in [0.717, 1.165) is 47.0 Å². The predicted octanol–water partition coefficient (Wildman–Crippen LogP) is 0.697. The van der Waals surface area contributed by atoms with Crippen molar-refractivity contribution < 1.29 is 88.9 Å². The number of rotatable bonds is 25. The number of carbonyl (C=O) groups excluding carboxylic acids is 8. The summed E-state index contributed by atoms with van der Waals surface area (Å²) in [4.78, 5) is 121. The molecule has 2 aromatic carbocycles. The predicted molar refractivity (Wildman–Crippen MR) is 233 cm³/mol. The molecule has 70 heavy (non-hydrogen) atoms. The van der Waals surface area contributed by atoms with Crippen molar-refractivity contribution in [3.05, 3.63) is 70.0 Å². The van der Waals surface area contributed by atoms with Gasteiger partial charge in [0.15, 0.2) is 34.9 Å². The van der Waals surface area contributed by atoms with E-state index in [0.29, 0.717) is 12.8 Å². The Kier molecular flexibility index (Phi) is 29.6. The van der Waals surface area contributed by atoms with Crippen molar-refractivity contribution in [3.63, 3.8) is 0 Å². The summed E-state index contributed by atoms with van der Waals surface area (Å²) in [5.74, 6) is -19.6. The first kappa shape index (κ1) is 63.2. The van der Waals surface area contributed by atoms with E-state index in [-0.39, 0.29) is 18.4 Å². The Labute approximate surface area is 402 Å². The fourth-order valence-electron chi connectivity index (χ4n) is 5.06. The number of hydrogen-bond acceptors (Lipinski definition) is 10. The van der Waals surface area contributed by atoms with E-state index in [9.17, 15) is 78.7 Å². The second-order valence-electron chi connectivity index (χ2n) is 14.6. The van der Waals surface area contributed by atoms with E-state index in [1.807, 2.05) is 6.92 Å². The van der Waals surface area contributed by atoms with Crippen molar-refractivity contribution in [2.24, 2.45) is 5.73 Å². The SMILES string of the molecule is CCCCC(=O)N[C@@H](CCC(=O)O)C(=O)NCC(=O)NCC(=O)NCC(=O)N[C@@H](Cc1ccc(F)c(F)c1)C(=O)N[C@@H](C)C(=O)NC(CC(=O)O)C(N)=O.CC[Se]C.Cc1c(F)c(F)c(F)c(F)c1F. The largest absolute Gasteiger partial charge is 0.203 e. The van der Waals surface area contributed by atoms with Gasteiger partial charge in [0.1, 0.15) is 24.2 Å². The number of carboxylic acids is 2. The molecule has 0 radical (unpaired) electrons. The Morgan fingerprint density at radius 1 is 0.614 bits per heavy atom. The van der Waals surface area contributed by atoms with Crippen molar-refractivity contribution in [2.45, 2.75) is 108 Å². The number of halogens is 7. The molecular weight excluding hydrogens is 1020 g/mol. The zero-order valence-corrected chi connectivity index (χ0v) is 40.1. The summed E-state index contributed by atoms with van der Waals surface area (Å²) >= 11 is 0.917. The van der Waals surface area contributed by atoms with Gasteiger partial charge in [-0.2, -0.15) is 0 Å². The molecule has 28 heteroatoms. The van der Waals surface area contributed by atoms with Crippen LogP contribution >= 0.6 is 0 Å². The van der Waals surface area contributed by atoms with Crippen LogP contribution in [0.1, 0.15) is 70.4 Å². The van der Waals surface area contributed by atoms with Crippen molar-refractivity contribution >= 4 is 74.2 Å². The van der Waals surface area contributed by atoms with Crippen molar-refractivity contribution in [1.82, 2.24) is 37.2 Å². The normalized spacial score (nSPS) is 12.1. The maximum atomic E-state index is 13.9. The molecule has 4 atom stereocenters. The first-order valence-electron chi connectivity index (χ1n) is 20.8. The minimum Gasteiger partial charge on any atom is -0.203 e. The molecule has 390 valence electrons. The van der Waals surface area contributed by atoms with E-state index < -0.39 is 169 Å². The summed E-state index contributed by atoms with van der Waals surface area (Å²) in [5, 5.41) is 34.8. The zero-order valence-electron chi connectivity index (χ0n) is 38.4. The number of unbranched alkanes of at least 4 members (excludes halogenated alkanes) is 1. The van der Waals surface area contributed by atoms with Crippen LogP contribution in [0.3, 0.4) is 0 Å². The summed E-state index contributed by atoms with van der Waals surface area (Å²) in [6, 6.07) is -3.17. The second kappa shape index (κ2) is 32.8. The fraction of sp³-hybridized carbons (Fsp3) is 0.476. The van der Waals surface area contributed by atoms with Gasteiger partial charge in [-0.1, -0.05) is 19.4 Å². The molecule has 0 fully saturated rings. The van der Waals surface area contributed by atoms with Crippen LogP contribution < -0.4 is 43.0 Å². The summed E-state index contributed by atoms with van der Waals surface area (Å²) in [7, 11) is 0. The maximum absolute atomic E-state index is 13.9. The van der Waals surface area contributed by atoms with Gasteiger partial charge in [0.2, 0.25) is 53.1 Å². The minimum absolute atomic E-state index is 0.0348. The summed E-state index contributed by atoms with van der Waals surface area (Å²) in [5.41, 5.74) is 4.27. The Morgan fingerprint density at radius 2 is 1.13 bits per heavy atom. The number of aliphatic carboxylic acids is 2. The second-order valence-corrected chi connectivity index (χ2v) is 17.0. The quantitative estimate of drug-likeness (QED) is 0.0285. The molecule has 0 aliphatic carbocycles. The van der Waals surface area contributed by atoms with Gasteiger partial charge >= 0.3 is 45.0 Å². The standard InChI is InChI=1S/C32H44F2N8O12.C7H3F5.C3H8Se/c1-3-4-5-23(43)40-20(8-9-27(47)48)31(53)38-14-25(45)36-13-24(44)37-15-26(46)41-22(11-17-6-7-18(33)19(34)10-17)32(54)39-16(2)30(52)42-21(29(35)51)12-28(49)50;1-2-3(8)5(10)7(12)6(11)4(2)9;1-3-4-2/h6-7,10,16,20-22H,3-5,8-9,11-15H2,1-2H3,(H2,35,51)(H,36,45)(H,37,44)(H,38,53)(H,39,54)(H,40,43)(H,41,46)(H,42,52)(H,47,48)(H,49,50);1H3;3H2,1-2H3/t16-,20-,21?,22-;;/m0../s1. The molecule has 0 saturated carbocycles. The van der Waals surface area contributed by atoms with Gasteiger partial charge < -0.3 is 53.2 Å². The van der Waals surface area contributed by atoms with E-state index in [4.69, 9.17) is 15.9 Å². The summed E-state index contributed by atoms with van der Waals surface area (Å²) in [6.07, 6.45) is -0.614. The van der Waals surface area contributed by atoms with E-state index in [1.54, 1.807) is 0 Å². The molecule has 20 nitrogen and oxygen atoms in total. The summed E-state index contributed by atoms with van der Waals surface area (Å²) < 4.78 is 88.9. The molecule has 0 saturated heterocycles. The molecular formula is C42H55F7N8O12Se. The summed E-state index contributed by atoms with van der Waals surface area (Å²) in [6.45, 7) is 3.94. The van der Waals surface area contributed by atoms with Crippen LogP contribution in [0.4, 0.5) is 30.7 Å². The van der Waals surface area contributed by atoms with Crippen LogP contribution in [0, 0.1) is 47.6 Å². The van der Waals surface area contributed by atoms with Crippen LogP contribution in [0.2, 0.25) is 11.1 Å². The van der Waals surface area contributed by atoms with Crippen LogP contribution in [0.15, 0.2) is 18.2 Å². The van der Waals surface area contributed by atoms with E-state index in [2.05, 4.69) is 50.0 Å². The third kappa shape index (κ3) is 24.5. The average molecular weight is 1080 g/mol. The number of primary amides is 1. The molecule has 0 aliphatic heterocycles. The molecule has 11 N–H and O–H groups in total. The van der Waals surface area contributed by atoms with E-state index in [1.165, 1.54) is 5.32 Å². The molecule has 0 aromatic heterocycles. The van der Waals surface area contributed by atoms with Gasteiger partial charge in [-0.05, 0) is 44.4 Å². The van der Waals surface area contributed by atoms with Crippen LogP contribution in [-0.2, 0) is 54.4 Å². The number of amides is 8. The first-order chi connectivity index (χ1) is 32.7. The number of carbonyl (C=O) groups is 10. The third-order valence-electron chi connectivity index (χ3n) is 8.96. The Morgan fingerprint density at radius 3 is 1.61 bits per heavy atom. The molecule has 0 aliphatic rings. The molecule has 2 aromatic rings. The number of hydrogen-bond donors (Lipinski definition) is 10. The van der Waals surface area contributed by atoms with Crippen LogP contribution in [-0.4, -0.2) is 128 Å². The molecule has 1 unspecified atom stereocenters. The molecule has 0 heterocycles. The fourth-order valence-corrected chi connectivity index (χ4v) is 5.06. The van der Waals surface area contributed by atoms with Gasteiger partial charge in [-0.15, -0.1) is 0 Å². The molecule has 8 amide bonds. The minimum atomic E-state index is -2.13. The molecule has 2 rings (SSSR count). The number of benzene rings is 2. The first-order valence-corrected chi connectivity index (χ1v) is 23.8. The topological polar surface area (TPSA) is 321 Å². The number of carboxylic acid groups (broad SMARTS) is 2. The smallest absolute Gasteiger partial charge is 0.200 e. The third-order valence-corrected chi connectivity index (χ3v) is 10.2. The Hall–Kier alpha value is -6.83. The maximum Gasteiger partial charge on any atom is 0.200 e. The average Bonchev–Trinajstić information content (AvgIpc) is 3.31. The molecule has 0 bridgehead atoms. The molecule has 0 spiro atoms. The van der Waals surface area contributed by atoms with Crippen molar-refractivity contribution in [2.75, 3.05) is 19.6 Å². The zero-order chi connectivity index (χ0) is 53.8. The van der Waals surface area contributed by atoms with Crippen molar-refractivity contribution in [3.8, 4) is 0 Å². The Bertz CT molecular complexity index is 2090. The van der Waals surface area contributed by atoms with Crippen LogP contribution in [0.25, 0.3) is 0 Å². The van der Waals surface area contributed by atoms with Crippen LogP contribution in [0.5, 0.6) is 0 Å². The van der Waals surface area contributed by atoms with Gasteiger partial charge in [0.25, 0.3) is 0 Å². The van der Waals surface area contributed by atoms with Gasteiger partial charge in [0.05, 0.1) is 26.1 Å². The van der Waals surface area contributed by atoms with Gasteiger partial charge in [-0.25, -0.2) is 30.7 Å². The Balaban J connectivity index is 0.00000250. The van der Waals surface area contributed by atoms with E-state index >= 15 is 0 Å². The number of nitrogens with one attached hydrogen (secondary N) is 7. The number of nitrogens with two attached hydrogens (primary N) is 1.